The predicted molar refractivity (Wildman–Crippen MR) is 121 cm³/mol. The van der Waals surface area contributed by atoms with E-state index in [2.05, 4.69) is 35.9 Å². The number of amides is 2. The Morgan fingerprint density at radius 3 is 2.59 bits per heavy atom. The average molecular weight is 483 g/mol. The first-order valence-electron chi connectivity index (χ1n) is 9.89. The molecule has 4 rings (SSSR count). The van der Waals surface area contributed by atoms with Crippen molar-refractivity contribution in [1.29, 1.82) is 5.26 Å². The van der Waals surface area contributed by atoms with Gasteiger partial charge in [0.1, 0.15) is 23.4 Å². The molecule has 14 heteroatoms. The molecule has 0 aliphatic carbocycles. The molecule has 0 aromatic carbocycles. The fourth-order valence-corrected chi connectivity index (χ4v) is 3.49. The predicted octanol–water partition coefficient (Wildman–Crippen LogP) is 2.60. The van der Waals surface area contributed by atoms with Gasteiger partial charge in [-0.2, -0.15) is 20.6 Å². The van der Waals surface area contributed by atoms with Crippen molar-refractivity contribution < 1.29 is 14.3 Å². The van der Waals surface area contributed by atoms with Crippen LogP contribution in [0.3, 0.4) is 0 Å². The molecule has 0 fully saturated rings. The van der Waals surface area contributed by atoms with Crippen LogP contribution < -0.4 is 10.6 Å². The molecular weight excluding hydrogens is 464 g/mol. The molecule has 2 amide bonds. The van der Waals surface area contributed by atoms with Crippen LogP contribution in [0.25, 0.3) is 11.5 Å². The smallest absolute Gasteiger partial charge is 0.323 e. The Balaban J connectivity index is 1.63. The summed E-state index contributed by atoms with van der Waals surface area (Å²) >= 11 is 6.07. The Morgan fingerprint density at radius 2 is 1.91 bits per heavy atom. The van der Waals surface area contributed by atoms with E-state index in [1.165, 1.54) is 47.3 Å². The minimum Gasteiger partial charge on any atom is -0.379 e. The summed E-state index contributed by atoms with van der Waals surface area (Å²) < 4.78 is 12.6. The van der Waals surface area contributed by atoms with Gasteiger partial charge >= 0.3 is 6.03 Å². The number of anilines is 2. The normalized spacial score (nSPS) is 12.8. The number of pyridine rings is 1. The van der Waals surface area contributed by atoms with Crippen LogP contribution in [-0.4, -0.2) is 60.9 Å². The summed E-state index contributed by atoms with van der Waals surface area (Å²) in [6, 6.07) is 4.47. The highest BCUT2D eigenvalue weighted by Gasteiger charge is 2.27. The fourth-order valence-electron chi connectivity index (χ4n) is 3.32. The van der Waals surface area contributed by atoms with E-state index >= 15 is 0 Å². The minimum atomic E-state index is -0.602. The number of urea groups is 1. The maximum Gasteiger partial charge on any atom is 0.323 e. The van der Waals surface area contributed by atoms with Crippen LogP contribution >= 0.6 is 11.6 Å². The molecule has 2 atom stereocenters. The van der Waals surface area contributed by atoms with Gasteiger partial charge < -0.3 is 20.1 Å². The molecular formula is C20H19ClN10O3. The maximum absolute atomic E-state index is 12.8. The third-order valence-electron chi connectivity index (χ3n) is 4.91. The first-order chi connectivity index (χ1) is 16.4. The van der Waals surface area contributed by atoms with Crippen LogP contribution in [0.4, 0.5) is 16.2 Å². The van der Waals surface area contributed by atoms with E-state index in [0.29, 0.717) is 17.0 Å². The van der Waals surface area contributed by atoms with Crippen molar-refractivity contribution >= 4 is 34.7 Å². The molecule has 4 aromatic heterocycles. The monoisotopic (exact) mass is 482 g/mol. The average Bonchev–Trinajstić information content (AvgIpc) is 3.49. The van der Waals surface area contributed by atoms with E-state index in [9.17, 15) is 10.1 Å². The Labute approximate surface area is 198 Å². The molecule has 2 unspecified atom stereocenters. The Bertz CT molecular complexity index is 1370. The number of halogens is 1. The van der Waals surface area contributed by atoms with Crippen LogP contribution in [0.15, 0.2) is 36.9 Å². The SMILES string of the molecule is COC(C)C(OC)c1c(NC(=O)Nc2cnc(-n3nccn3)c(C#N)c2)cnc2cc(Cl)nn12. The number of nitrogens with zero attached hydrogens (tertiary/aromatic N) is 8. The molecule has 34 heavy (non-hydrogen) atoms. The van der Waals surface area contributed by atoms with Crippen LogP contribution in [0.2, 0.25) is 5.15 Å². The van der Waals surface area contributed by atoms with Gasteiger partial charge in [0.05, 0.1) is 42.3 Å². The number of ether oxygens (including phenoxy) is 2. The number of nitriles is 1. The van der Waals surface area contributed by atoms with Gasteiger partial charge in [0.15, 0.2) is 16.6 Å². The number of fused-ring (bicyclic) bond motifs is 1. The summed E-state index contributed by atoms with van der Waals surface area (Å²) in [7, 11) is 3.07. The Hall–Kier alpha value is -4.12. The molecule has 4 aromatic rings. The van der Waals surface area contributed by atoms with Gasteiger partial charge in [-0.1, -0.05) is 11.6 Å². The van der Waals surface area contributed by atoms with Gasteiger partial charge in [-0.25, -0.2) is 19.3 Å². The highest BCUT2D eigenvalue weighted by molar-refractivity contribution is 6.29. The molecule has 174 valence electrons. The molecule has 0 saturated carbocycles. The molecule has 0 saturated heterocycles. The zero-order chi connectivity index (χ0) is 24.2. The van der Waals surface area contributed by atoms with Crippen molar-refractivity contribution in [2.24, 2.45) is 0 Å². The van der Waals surface area contributed by atoms with Crippen molar-refractivity contribution in [2.45, 2.75) is 19.1 Å². The number of carbonyl (C=O) groups excluding carboxylic acids is 1. The number of methoxy groups -OCH3 is 2. The molecule has 4 heterocycles. The van der Waals surface area contributed by atoms with Gasteiger partial charge in [0.25, 0.3) is 0 Å². The third kappa shape index (κ3) is 4.50. The zero-order valence-corrected chi connectivity index (χ0v) is 19.1. The molecule has 0 radical (unpaired) electrons. The minimum absolute atomic E-state index is 0.178. The second-order valence-corrected chi connectivity index (χ2v) is 7.38. The summed E-state index contributed by atoms with van der Waals surface area (Å²) in [6.07, 6.45) is 4.81. The van der Waals surface area contributed by atoms with Crippen molar-refractivity contribution in [3.8, 4) is 11.9 Å². The van der Waals surface area contributed by atoms with Gasteiger partial charge in [0.2, 0.25) is 0 Å². The van der Waals surface area contributed by atoms with E-state index in [0.717, 1.165) is 0 Å². The lowest BCUT2D eigenvalue weighted by atomic mass is 10.1. The highest BCUT2D eigenvalue weighted by Crippen LogP contribution is 2.30. The number of rotatable bonds is 7. The van der Waals surface area contributed by atoms with Crippen LogP contribution in [-0.2, 0) is 9.47 Å². The third-order valence-corrected chi connectivity index (χ3v) is 5.10. The summed E-state index contributed by atoms with van der Waals surface area (Å²) in [6.45, 7) is 1.82. The number of nitrogens with one attached hydrogen (secondary N) is 2. The highest BCUT2D eigenvalue weighted by atomic mass is 35.5. The first-order valence-corrected chi connectivity index (χ1v) is 10.3. The molecule has 0 aliphatic rings. The second kappa shape index (κ2) is 9.79. The van der Waals surface area contributed by atoms with Gasteiger partial charge in [-0.3, -0.25) is 0 Å². The zero-order valence-electron chi connectivity index (χ0n) is 18.3. The number of hydrogen-bond acceptors (Lipinski definition) is 9. The van der Waals surface area contributed by atoms with Crippen molar-refractivity contribution in [3.05, 3.63) is 53.3 Å². The molecule has 0 spiro atoms. The lowest BCUT2D eigenvalue weighted by Gasteiger charge is -2.24. The lowest BCUT2D eigenvalue weighted by molar-refractivity contribution is -0.0305. The Kier molecular flexibility index (Phi) is 6.64. The van der Waals surface area contributed by atoms with E-state index in [1.54, 1.807) is 13.2 Å². The Morgan fingerprint density at radius 1 is 1.15 bits per heavy atom. The summed E-state index contributed by atoms with van der Waals surface area (Å²) in [5, 5.41) is 27.3. The van der Waals surface area contributed by atoms with Gasteiger partial charge in [-0.05, 0) is 13.0 Å². The summed E-state index contributed by atoms with van der Waals surface area (Å²) in [5.74, 6) is 0.238. The standard InChI is InChI=1S/C20H19ClN10O3/c1-11(33-2)18(34-3)17-14(10-23-16-7-15(21)29-30(16)17)28-20(32)27-13-6-12(8-22)19(24-9-13)31-25-4-5-26-31/h4-7,9-11,18H,1-3H3,(H2,27,28,32). The topological polar surface area (TPSA) is 157 Å². The van der Waals surface area contributed by atoms with Crippen molar-refractivity contribution in [3.63, 3.8) is 0 Å². The number of aromatic nitrogens is 7. The largest absolute Gasteiger partial charge is 0.379 e. The van der Waals surface area contributed by atoms with Crippen molar-refractivity contribution in [2.75, 3.05) is 24.9 Å². The van der Waals surface area contributed by atoms with Crippen LogP contribution in [0.5, 0.6) is 0 Å². The molecule has 2 N–H and O–H groups in total. The maximum atomic E-state index is 12.8. The fraction of sp³-hybridized carbons (Fsp3) is 0.250. The molecule has 0 bridgehead atoms. The number of hydrogen-bond donors (Lipinski definition) is 2. The van der Waals surface area contributed by atoms with Crippen LogP contribution in [0.1, 0.15) is 24.3 Å². The summed E-state index contributed by atoms with van der Waals surface area (Å²) in [5.41, 5.74) is 1.75. The summed E-state index contributed by atoms with van der Waals surface area (Å²) in [4.78, 5) is 22.5. The van der Waals surface area contributed by atoms with E-state index in [4.69, 9.17) is 21.1 Å². The quantitative estimate of drug-likeness (QED) is 0.403. The van der Waals surface area contributed by atoms with E-state index in [1.807, 2.05) is 13.0 Å². The van der Waals surface area contributed by atoms with Crippen molar-refractivity contribution in [1.82, 2.24) is 34.6 Å². The molecule has 0 aliphatic heterocycles. The van der Waals surface area contributed by atoms with Crippen LogP contribution in [0, 0.1) is 11.3 Å². The van der Waals surface area contributed by atoms with Gasteiger partial charge in [-0.15, -0.1) is 4.80 Å². The second-order valence-electron chi connectivity index (χ2n) is 7.00. The van der Waals surface area contributed by atoms with E-state index in [-0.39, 0.29) is 28.3 Å². The van der Waals surface area contributed by atoms with E-state index < -0.39 is 12.1 Å². The lowest BCUT2D eigenvalue weighted by Crippen LogP contribution is -2.26. The molecule has 13 nitrogen and oxygen atoms in total. The number of carbonyl (C=O) groups is 1. The van der Waals surface area contributed by atoms with Gasteiger partial charge in [0, 0.05) is 20.3 Å². The first kappa shape index (κ1) is 23.1.